The molecule has 0 bridgehead atoms. The van der Waals surface area contributed by atoms with Gasteiger partial charge in [0.1, 0.15) is 5.00 Å². The molecule has 1 aromatic heterocycles. The van der Waals surface area contributed by atoms with Crippen LogP contribution in [0.25, 0.3) is 0 Å². The molecule has 7 nitrogen and oxygen atoms in total. The first kappa shape index (κ1) is 21.7. The summed E-state index contributed by atoms with van der Waals surface area (Å²) < 4.78 is 16.9. The fourth-order valence-corrected chi connectivity index (χ4v) is 6.08. The zero-order chi connectivity index (χ0) is 21.3. The van der Waals surface area contributed by atoms with Gasteiger partial charge in [0.05, 0.1) is 31.4 Å². The quantitative estimate of drug-likeness (QED) is 0.715. The van der Waals surface area contributed by atoms with Gasteiger partial charge in [-0.15, -0.1) is 11.3 Å². The van der Waals surface area contributed by atoms with Gasteiger partial charge in [-0.1, -0.05) is 6.92 Å². The number of carbonyl (C=O) groups is 2. The van der Waals surface area contributed by atoms with E-state index in [0.717, 1.165) is 50.8 Å². The van der Waals surface area contributed by atoms with Crippen molar-refractivity contribution in [1.82, 2.24) is 4.90 Å². The van der Waals surface area contributed by atoms with E-state index in [9.17, 15) is 9.59 Å². The number of carbonyl (C=O) groups excluding carboxylic acids is 2. The zero-order valence-corrected chi connectivity index (χ0v) is 18.9. The van der Waals surface area contributed by atoms with E-state index in [1.807, 2.05) is 6.92 Å². The molecule has 8 heteroatoms. The highest BCUT2D eigenvalue weighted by Crippen LogP contribution is 2.40. The summed E-state index contributed by atoms with van der Waals surface area (Å²) in [7, 11) is 0. The third-order valence-electron chi connectivity index (χ3n) is 6.53. The monoisotopic (exact) mass is 436 g/mol. The van der Waals surface area contributed by atoms with Gasteiger partial charge in [0.25, 0.3) is 0 Å². The van der Waals surface area contributed by atoms with E-state index in [4.69, 9.17) is 14.2 Å². The van der Waals surface area contributed by atoms with Crippen LogP contribution in [0.1, 0.15) is 60.8 Å². The summed E-state index contributed by atoms with van der Waals surface area (Å²) in [5.74, 6) is -0.276. The summed E-state index contributed by atoms with van der Waals surface area (Å²) in [5, 5.41) is 3.69. The number of amides is 1. The average Bonchev–Trinajstić information content (AvgIpc) is 3.32. The summed E-state index contributed by atoms with van der Waals surface area (Å²) in [6.07, 6.45) is 4.40. The van der Waals surface area contributed by atoms with Gasteiger partial charge in [-0.3, -0.25) is 9.69 Å². The lowest BCUT2D eigenvalue weighted by Crippen LogP contribution is -2.51. The van der Waals surface area contributed by atoms with E-state index in [1.165, 1.54) is 16.2 Å². The molecule has 1 spiro atoms. The highest BCUT2D eigenvalue weighted by atomic mass is 32.1. The zero-order valence-electron chi connectivity index (χ0n) is 18.1. The second-order valence-electron chi connectivity index (χ2n) is 8.59. The van der Waals surface area contributed by atoms with Crippen LogP contribution in [0.3, 0.4) is 0 Å². The molecule has 2 saturated heterocycles. The van der Waals surface area contributed by atoms with Crippen molar-refractivity contribution in [3.8, 4) is 0 Å². The van der Waals surface area contributed by atoms with Crippen molar-refractivity contribution in [2.75, 3.05) is 38.2 Å². The number of esters is 1. The number of hydrogen-bond acceptors (Lipinski definition) is 7. The number of nitrogens with zero attached hydrogens (tertiary/aromatic N) is 1. The number of thiophene rings is 1. The van der Waals surface area contributed by atoms with Gasteiger partial charge in [0, 0.05) is 30.8 Å². The van der Waals surface area contributed by atoms with Crippen LogP contribution in [-0.4, -0.2) is 61.5 Å². The normalized spacial score (nSPS) is 24.4. The molecule has 3 heterocycles. The Bertz CT molecular complexity index is 792. The average molecular weight is 437 g/mol. The standard InChI is InChI=1S/C22H32N2O5S/c1-4-27-21(26)18-16-6-5-14(2)13-17(16)30-20(18)23-19(25)15(3)24-9-7-22(8-10-24)28-11-12-29-22/h14-15H,4-13H2,1-3H3,(H,23,25)/t14-,15-/m0/s1. The van der Waals surface area contributed by atoms with Crippen LogP contribution in [0.5, 0.6) is 0 Å². The number of hydrogen-bond donors (Lipinski definition) is 1. The first-order chi connectivity index (χ1) is 14.4. The SMILES string of the molecule is CCOC(=O)c1c(NC(=O)[C@H](C)N2CCC3(CC2)OCCO3)sc2c1CC[C@H](C)C2. The maximum absolute atomic E-state index is 13.1. The fraction of sp³-hybridized carbons (Fsp3) is 0.727. The smallest absolute Gasteiger partial charge is 0.341 e. The number of fused-ring (bicyclic) bond motifs is 1. The Labute approximate surface area is 182 Å². The number of rotatable bonds is 5. The number of piperidine rings is 1. The molecule has 2 atom stereocenters. The summed E-state index contributed by atoms with van der Waals surface area (Å²) in [5.41, 5.74) is 1.63. The molecule has 0 unspecified atom stereocenters. The van der Waals surface area contributed by atoms with Crippen molar-refractivity contribution in [2.24, 2.45) is 5.92 Å². The van der Waals surface area contributed by atoms with Gasteiger partial charge in [-0.25, -0.2) is 4.79 Å². The van der Waals surface area contributed by atoms with E-state index < -0.39 is 5.79 Å². The Morgan fingerprint density at radius 3 is 2.67 bits per heavy atom. The van der Waals surface area contributed by atoms with Crippen molar-refractivity contribution in [3.63, 3.8) is 0 Å². The molecule has 0 aromatic carbocycles. The summed E-state index contributed by atoms with van der Waals surface area (Å²) in [6.45, 7) is 9.07. The van der Waals surface area contributed by atoms with Gasteiger partial charge in [0.15, 0.2) is 5.79 Å². The third kappa shape index (κ3) is 4.28. The number of nitrogens with one attached hydrogen (secondary N) is 1. The van der Waals surface area contributed by atoms with E-state index >= 15 is 0 Å². The molecule has 1 N–H and O–H groups in total. The Balaban J connectivity index is 1.46. The highest BCUT2D eigenvalue weighted by Gasteiger charge is 2.41. The van der Waals surface area contributed by atoms with Crippen LogP contribution in [-0.2, 0) is 31.8 Å². The maximum Gasteiger partial charge on any atom is 0.341 e. The molecule has 0 saturated carbocycles. The lowest BCUT2D eigenvalue weighted by atomic mass is 9.88. The molecule has 1 aliphatic carbocycles. The number of anilines is 1. The van der Waals surface area contributed by atoms with Gasteiger partial charge in [-0.05, 0) is 44.6 Å². The van der Waals surface area contributed by atoms with Crippen molar-refractivity contribution in [1.29, 1.82) is 0 Å². The predicted molar refractivity (Wildman–Crippen MR) is 115 cm³/mol. The Kier molecular flexibility index (Phi) is 6.48. The summed E-state index contributed by atoms with van der Waals surface area (Å²) >= 11 is 1.54. The largest absolute Gasteiger partial charge is 0.462 e. The molecule has 4 rings (SSSR count). The molecular weight excluding hydrogens is 404 g/mol. The Hall–Kier alpha value is -1.48. The fourth-order valence-electron chi connectivity index (χ4n) is 4.68. The van der Waals surface area contributed by atoms with E-state index in [-0.39, 0.29) is 17.9 Å². The molecule has 30 heavy (non-hydrogen) atoms. The molecule has 166 valence electrons. The van der Waals surface area contributed by atoms with Crippen molar-refractivity contribution >= 4 is 28.2 Å². The van der Waals surface area contributed by atoms with E-state index in [1.54, 1.807) is 6.92 Å². The van der Waals surface area contributed by atoms with Crippen molar-refractivity contribution < 1.29 is 23.8 Å². The molecule has 1 amide bonds. The molecular formula is C22H32N2O5S. The van der Waals surface area contributed by atoms with Crippen LogP contribution in [0, 0.1) is 5.92 Å². The maximum atomic E-state index is 13.1. The minimum absolute atomic E-state index is 0.0867. The minimum atomic E-state index is -0.451. The lowest BCUT2D eigenvalue weighted by molar-refractivity contribution is -0.187. The Morgan fingerprint density at radius 1 is 1.30 bits per heavy atom. The predicted octanol–water partition coefficient (Wildman–Crippen LogP) is 3.22. The topological polar surface area (TPSA) is 77.1 Å². The second kappa shape index (κ2) is 8.94. The van der Waals surface area contributed by atoms with Crippen LogP contribution in [0.4, 0.5) is 5.00 Å². The molecule has 0 radical (unpaired) electrons. The molecule has 2 fully saturated rings. The third-order valence-corrected chi connectivity index (χ3v) is 7.70. The first-order valence-corrected chi connectivity index (χ1v) is 11.9. The lowest BCUT2D eigenvalue weighted by Gasteiger charge is -2.39. The summed E-state index contributed by atoms with van der Waals surface area (Å²) in [6, 6.07) is -0.295. The molecule has 2 aliphatic heterocycles. The van der Waals surface area contributed by atoms with Gasteiger partial charge in [0.2, 0.25) is 5.91 Å². The van der Waals surface area contributed by atoms with E-state index in [2.05, 4.69) is 17.1 Å². The minimum Gasteiger partial charge on any atom is -0.462 e. The second-order valence-corrected chi connectivity index (χ2v) is 9.69. The van der Waals surface area contributed by atoms with E-state index in [0.29, 0.717) is 36.3 Å². The summed E-state index contributed by atoms with van der Waals surface area (Å²) in [4.78, 5) is 29.1. The Morgan fingerprint density at radius 2 is 2.00 bits per heavy atom. The van der Waals surface area contributed by atoms with Crippen LogP contribution in [0.15, 0.2) is 0 Å². The molecule has 3 aliphatic rings. The number of ether oxygens (including phenoxy) is 3. The van der Waals surface area contributed by atoms with Gasteiger partial charge < -0.3 is 19.5 Å². The van der Waals surface area contributed by atoms with Crippen molar-refractivity contribution in [2.45, 2.75) is 64.7 Å². The number of likely N-dealkylation sites (tertiary alicyclic amines) is 1. The van der Waals surface area contributed by atoms with Crippen LogP contribution in [0.2, 0.25) is 0 Å². The van der Waals surface area contributed by atoms with Gasteiger partial charge in [-0.2, -0.15) is 0 Å². The van der Waals surface area contributed by atoms with Crippen LogP contribution >= 0.6 is 11.3 Å². The van der Waals surface area contributed by atoms with Crippen molar-refractivity contribution in [3.05, 3.63) is 16.0 Å². The molecule has 1 aromatic rings. The van der Waals surface area contributed by atoms with Gasteiger partial charge >= 0.3 is 5.97 Å². The first-order valence-electron chi connectivity index (χ1n) is 11.1. The highest BCUT2D eigenvalue weighted by molar-refractivity contribution is 7.17. The van der Waals surface area contributed by atoms with Crippen LogP contribution < -0.4 is 5.32 Å².